The molecule has 0 saturated heterocycles. The number of nitrogens with zero attached hydrogens (tertiary/aromatic N) is 2. The highest BCUT2D eigenvalue weighted by molar-refractivity contribution is 7.89. The first kappa shape index (κ1) is 19.4. The Morgan fingerprint density at radius 3 is 2.33 bits per heavy atom. The second kappa shape index (κ2) is 7.70. The average molecular weight is 388 g/mol. The molecule has 2 aromatic carbocycles. The van der Waals surface area contributed by atoms with E-state index in [9.17, 15) is 13.2 Å². The molecule has 0 aromatic heterocycles. The summed E-state index contributed by atoms with van der Waals surface area (Å²) >= 11 is 0. The number of hydrogen-bond donors (Lipinski definition) is 1. The molecule has 1 heterocycles. The molecule has 6 nitrogen and oxygen atoms in total. The van der Waals surface area contributed by atoms with Crippen molar-refractivity contribution in [3.63, 3.8) is 0 Å². The molecule has 0 spiro atoms. The number of benzene rings is 2. The first-order chi connectivity index (χ1) is 12.8. The maximum absolute atomic E-state index is 12.5. The van der Waals surface area contributed by atoms with Crippen molar-refractivity contribution >= 4 is 21.7 Å². The number of rotatable bonds is 4. The maximum atomic E-state index is 12.5. The van der Waals surface area contributed by atoms with Crippen molar-refractivity contribution in [1.82, 2.24) is 9.21 Å². The number of fused-ring (bicyclic) bond motifs is 1. The Morgan fingerprint density at radius 1 is 1.07 bits per heavy atom. The molecule has 0 bridgehead atoms. The third-order valence-corrected chi connectivity index (χ3v) is 6.98. The van der Waals surface area contributed by atoms with Gasteiger partial charge in [0.05, 0.1) is 4.90 Å². The molecule has 1 aliphatic rings. The third kappa shape index (κ3) is 4.14. The van der Waals surface area contributed by atoms with Crippen molar-refractivity contribution < 1.29 is 13.2 Å². The van der Waals surface area contributed by atoms with Crippen LogP contribution in [0.1, 0.15) is 25.0 Å². The van der Waals surface area contributed by atoms with E-state index in [1.54, 1.807) is 24.1 Å². The van der Waals surface area contributed by atoms with E-state index in [-0.39, 0.29) is 17.0 Å². The Labute approximate surface area is 160 Å². The van der Waals surface area contributed by atoms with Gasteiger partial charge in [0.2, 0.25) is 10.0 Å². The lowest BCUT2D eigenvalue weighted by atomic mass is 10.0. The van der Waals surface area contributed by atoms with Crippen molar-refractivity contribution in [3.05, 3.63) is 59.7 Å². The lowest BCUT2D eigenvalue weighted by Gasteiger charge is -2.29. The number of nitrogens with one attached hydrogen (secondary N) is 1. The van der Waals surface area contributed by atoms with Gasteiger partial charge in [-0.25, -0.2) is 13.2 Å². The van der Waals surface area contributed by atoms with Crippen LogP contribution in [0.4, 0.5) is 10.5 Å². The summed E-state index contributed by atoms with van der Waals surface area (Å²) in [5, 5.41) is 2.85. The average Bonchev–Trinajstić information content (AvgIpc) is 2.67. The highest BCUT2D eigenvalue weighted by atomic mass is 32.2. The predicted octanol–water partition coefficient (Wildman–Crippen LogP) is 3.31. The van der Waals surface area contributed by atoms with Crippen LogP contribution in [0.2, 0.25) is 0 Å². The fourth-order valence-electron chi connectivity index (χ4n) is 3.03. The summed E-state index contributed by atoms with van der Waals surface area (Å²) in [5.41, 5.74) is 3.02. The summed E-state index contributed by atoms with van der Waals surface area (Å²) in [6.45, 7) is 4.88. The minimum absolute atomic E-state index is 0.128. The maximum Gasteiger partial charge on any atom is 0.322 e. The van der Waals surface area contributed by atoms with Crippen LogP contribution in [0.25, 0.3) is 0 Å². The quantitative estimate of drug-likeness (QED) is 0.875. The van der Waals surface area contributed by atoms with Crippen LogP contribution in [-0.4, -0.2) is 43.3 Å². The molecule has 1 aliphatic heterocycles. The third-order valence-electron chi connectivity index (χ3n) is 4.93. The highest BCUT2D eigenvalue weighted by Crippen LogP contribution is 2.21. The van der Waals surface area contributed by atoms with E-state index in [0.717, 1.165) is 12.0 Å². The molecular weight excluding hydrogens is 362 g/mol. The van der Waals surface area contributed by atoms with Crippen molar-refractivity contribution in [1.29, 1.82) is 0 Å². The van der Waals surface area contributed by atoms with Crippen molar-refractivity contribution in [2.45, 2.75) is 37.8 Å². The predicted molar refractivity (Wildman–Crippen MR) is 106 cm³/mol. The molecule has 0 unspecified atom stereocenters. The Bertz CT molecular complexity index is 924. The van der Waals surface area contributed by atoms with E-state index in [2.05, 4.69) is 11.4 Å². The van der Waals surface area contributed by atoms with Crippen LogP contribution in [-0.2, 0) is 23.0 Å². The lowest BCUT2D eigenvalue weighted by molar-refractivity contribution is 0.206. The van der Waals surface area contributed by atoms with Gasteiger partial charge in [-0.15, -0.1) is 0 Å². The largest absolute Gasteiger partial charge is 0.322 e. The van der Waals surface area contributed by atoms with Crippen molar-refractivity contribution in [2.75, 3.05) is 18.9 Å². The van der Waals surface area contributed by atoms with Crippen LogP contribution in [0.5, 0.6) is 0 Å². The molecule has 0 saturated carbocycles. The molecule has 144 valence electrons. The SMILES string of the molecule is CC(C)N(C)S(=O)(=O)c1ccc(NC(=O)N2CCc3ccccc3C2)cc1. The number of urea groups is 1. The van der Waals surface area contributed by atoms with Crippen molar-refractivity contribution in [2.24, 2.45) is 0 Å². The standard InChI is InChI=1S/C20H25N3O3S/c1-15(2)22(3)27(25,26)19-10-8-18(9-11-19)21-20(24)23-13-12-16-6-4-5-7-17(16)14-23/h4-11,15H,12-14H2,1-3H3,(H,21,24). The topological polar surface area (TPSA) is 69.7 Å². The molecule has 0 aliphatic carbocycles. The van der Waals surface area contributed by atoms with Crippen LogP contribution < -0.4 is 5.32 Å². The monoisotopic (exact) mass is 387 g/mol. The van der Waals surface area contributed by atoms with Crippen LogP contribution in [0.15, 0.2) is 53.4 Å². The smallest absolute Gasteiger partial charge is 0.320 e. The van der Waals surface area contributed by atoms with Gasteiger partial charge >= 0.3 is 6.03 Å². The Kier molecular flexibility index (Phi) is 5.53. The molecule has 0 atom stereocenters. The summed E-state index contributed by atoms with van der Waals surface area (Å²) < 4.78 is 26.3. The van der Waals surface area contributed by atoms with Crippen LogP contribution in [0.3, 0.4) is 0 Å². The van der Waals surface area contributed by atoms with Gasteiger partial charge in [0.1, 0.15) is 0 Å². The number of amides is 2. The van der Waals surface area contributed by atoms with E-state index >= 15 is 0 Å². The second-order valence-electron chi connectivity index (χ2n) is 7.01. The normalized spacial score (nSPS) is 14.3. The number of sulfonamides is 1. The van der Waals surface area contributed by atoms with Gasteiger partial charge in [-0.3, -0.25) is 0 Å². The van der Waals surface area contributed by atoms with Gasteiger partial charge in [-0.2, -0.15) is 4.31 Å². The molecule has 7 heteroatoms. The van der Waals surface area contributed by atoms with E-state index in [1.165, 1.54) is 22.0 Å². The summed E-state index contributed by atoms with van der Waals surface area (Å²) in [7, 11) is -1.97. The molecule has 2 aromatic rings. The van der Waals surface area contributed by atoms with E-state index in [0.29, 0.717) is 18.8 Å². The minimum Gasteiger partial charge on any atom is -0.320 e. The zero-order chi connectivity index (χ0) is 19.6. The molecule has 27 heavy (non-hydrogen) atoms. The van der Waals surface area contributed by atoms with E-state index in [1.807, 2.05) is 32.0 Å². The summed E-state index contributed by atoms with van der Waals surface area (Å²) in [5.74, 6) is 0. The number of hydrogen-bond acceptors (Lipinski definition) is 3. The molecular formula is C20H25N3O3S. The van der Waals surface area contributed by atoms with Gasteiger partial charge < -0.3 is 10.2 Å². The Morgan fingerprint density at radius 2 is 1.70 bits per heavy atom. The summed E-state index contributed by atoms with van der Waals surface area (Å²) in [6, 6.07) is 14.1. The lowest BCUT2D eigenvalue weighted by Crippen LogP contribution is -2.38. The van der Waals surface area contributed by atoms with Crippen molar-refractivity contribution in [3.8, 4) is 0 Å². The summed E-state index contributed by atoms with van der Waals surface area (Å²) in [4.78, 5) is 14.5. The zero-order valence-corrected chi connectivity index (χ0v) is 16.7. The van der Waals surface area contributed by atoms with E-state index < -0.39 is 10.0 Å². The van der Waals surface area contributed by atoms with Gasteiger partial charge in [-0.05, 0) is 55.7 Å². The van der Waals surface area contributed by atoms with Gasteiger partial charge in [0, 0.05) is 31.9 Å². The molecule has 0 fully saturated rings. The van der Waals surface area contributed by atoms with Gasteiger partial charge in [0.25, 0.3) is 0 Å². The zero-order valence-electron chi connectivity index (χ0n) is 15.8. The molecule has 1 N–H and O–H groups in total. The summed E-state index contributed by atoms with van der Waals surface area (Å²) in [6.07, 6.45) is 0.836. The Hall–Kier alpha value is -2.38. The first-order valence-electron chi connectivity index (χ1n) is 9.00. The number of carbonyl (C=O) groups excluding carboxylic acids is 1. The Balaban J connectivity index is 1.68. The fraction of sp³-hybridized carbons (Fsp3) is 0.350. The molecule has 3 rings (SSSR count). The minimum atomic E-state index is -3.53. The second-order valence-corrected chi connectivity index (χ2v) is 9.01. The number of anilines is 1. The van der Waals surface area contributed by atoms with Gasteiger partial charge in [-0.1, -0.05) is 24.3 Å². The fourth-order valence-corrected chi connectivity index (χ4v) is 4.39. The van der Waals surface area contributed by atoms with Gasteiger partial charge in [0.15, 0.2) is 0 Å². The molecule has 0 radical (unpaired) electrons. The van der Waals surface area contributed by atoms with Crippen LogP contribution in [0, 0.1) is 0 Å². The van der Waals surface area contributed by atoms with Crippen LogP contribution >= 0.6 is 0 Å². The first-order valence-corrected chi connectivity index (χ1v) is 10.4. The molecule has 2 amide bonds. The van der Waals surface area contributed by atoms with E-state index in [4.69, 9.17) is 0 Å². The highest BCUT2D eigenvalue weighted by Gasteiger charge is 2.23. The number of carbonyl (C=O) groups is 1.